The van der Waals surface area contributed by atoms with E-state index in [4.69, 9.17) is 9.63 Å². The minimum Gasteiger partial charge on any atom is -0.480 e. The Labute approximate surface area is 94.0 Å². The number of hydrogen-bond donors (Lipinski definition) is 1. The summed E-state index contributed by atoms with van der Waals surface area (Å²) in [5, 5.41) is 12.8. The fourth-order valence-corrected chi connectivity index (χ4v) is 2.48. The van der Waals surface area contributed by atoms with Crippen molar-refractivity contribution in [3.05, 3.63) is 17.0 Å². The van der Waals surface area contributed by atoms with Gasteiger partial charge < -0.3 is 9.63 Å². The van der Waals surface area contributed by atoms with Crippen LogP contribution in [0.4, 0.5) is 0 Å². The minimum atomic E-state index is -0.779. The van der Waals surface area contributed by atoms with Gasteiger partial charge in [-0.3, -0.25) is 9.69 Å². The number of likely N-dealkylation sites (tertiary alicyclic amines) is 1. The van der Waals surface area contributed by atoms with Crippen LogP contribution in [0.25, 0.3) is 0 Å². The highest BCUT2D eigenvalue weighted by Gasteiger charge is 2.31. The van der Waals surface area contributed by atoms with Gasteiger partial charge in [0.05, 0.1) is 12.2 Å². The van der Waals surface area contributed by atoms with Crippen LogP contribution in [0, 0.1) is 13.8 Å². The third kappa shape index (κ3) is 1.95. The number of carboxylic acids is 1. The third-order valence-corrected chi connectivity index (χ3v) is 3.12. The van der Waals surface area contributed by atoms with E-state index in [1.54, 1.807) is 0 Å². The lowest BCUT2D eigenvalue weighted by atomic mass is 10.0. The zero-order valence-corrected chi connectivity index (χ0v) is 9.56. The summed E-state index contributed by atoms with van der Waals surface area (Å²) in [6.07, 6.45) is 2.01. The van der Waals surface area contributed by atoms with E-state index in [2.05, 4.69) is 5.16 Å². The monoisotopic (exact) mass is 224 g/mol. The Morgan fingerprint density at radius 1 is 1.62 bits per heavy atom. The van der Waals surface area contributed by atoms with Gasteiger partial charge >= 0.3 is 5.97 Å². The molecule has 1 atom stereocenters. The first-order valence-electron chi connectivity index (χ1n) is 5.48. The number of rotatable bonds is 3. The highest BCUT2D eigenvalue weighted by atomic mass is 16.5. The minimum absolute atomic E-state index is 0.0920. The van der Waals surface area contributed by atoms with Gasteiger partial charge in [-0.1, -0.05) is 5.16 Å². The average Bonchev–Trinajstić information content (AvgIpc) is 2.74. The lowest BCUT2D eigenvalue weighted by Crippen LogP contribution is -2.29. The van der Waals surface area contributed by atoms with Crippen molar-refractivity contribution >= 4 is 5.97 Å². The topological polar surface area (TPSA) is 66.6 Å². The summed E-state index contributed by atoms with van der Waals surface area (Å²) in [4.78, 5) is 12.7. The molecule has 0 spiro atoms. The Balaban J connectivity index is 2.23. The van der Waals surface area contributed by atoms with Crippen molar-refractivity contribution in [2.75, 3.05) is 13.1 Å². The molecule has 16 heavy (non-hydrogen) atoms. The Morgan fingerprint density at radius 2 is 2.38 bits per heavy atom. The number of aromatic nitrogens is 1. The second-order valence-corrected chi connectivity index (χ2v) is 4.26. The van der Waals surface area contributed by atoms with Crippen molar-refractivity contribution in [1.82, 2.24) is 10.1 Å². The van der Waals surface area contributed by atoms with Crippen LogP contribution in [-0.2, 0) is 4.79 Å². The Hall–Kier alpha value is -1.36. The van der Waals surface area contributed by atoms with Crippen LogP contribution in [0.2, 0.25) is 0 Å². The smallest absolute Gasteiger partial charge is 0.317 e. The fourth-order valence-electron chi connectivity index (χ4n) is 2.48. The summed E-state index contributed by atoms with van der Waals surface area (Å²) in [7, 11) is 0. The molecule has 2 rings (SSSR count). The lowest BCUT2D eigenvalue weighted by molar-refractivity contribution is -0.138. The summed E-state index contributed by atoms with van der Waals surface area (Å²) in [5.41, 5.74) is 1.94. The van der Waals surface area contributed by atoms with Gasteiger partial charge in [0.15, 0.2) is 0 Å². The molecule has 5 heteroatoms. The summed E-state index contributed by atoms with van der Waals surface area (Å²) < 4.78 is 5.14. The van der Waals surface area contributed by atoms with Gasteiger partial charge in [0, 0.05) is 11.6 Å². The SMILES string of the molecule is Cc1noc(C)c1[C@H]1CCCN1CC(=O)O. The first-order valence-corrected chi connectivity index (χ1v) is 5.48. The molecule has 0 unspecified atom stereocenters. The standard InChI is InChI=1S/C11H16N2O3/c1-7-11(8(2)16-12-7)9-4-3-5-13(9)6-10(14)15/h9H,3-6H2,1-2H3,(H,14,15)/t9-/m1/s1. The van der Waals surface area contributed by atoms with Crippen molar-refractivity contribution in [2.24, 2.45) is 0 Å². The van der Waals surface area contributed by atoms with Crippen LogP contribution >= 0.6 is 0 Å². The molecular formula is C11H16N2O3. The first-order chi connectivity index (χ1) is 7.59. The molecule has 0 saturated carbocycles. The van der Waals surface area contributed by atoms with Crippen LogP contribution in [0.15, 0.2) is 4.52 Å². The molecule has 0 bridgehead atoms. The van der Waals surface area contributed by atoms with E-state index in [9.17, 15) is 4.79 Å². The predicted molar refractivity (Wildman–Crippen MR) is 57.2 cm³/mol. The van der Waals surface area contributed by atoms with Crippen molar-refractivity contribution in [2.45, 2.75) is 32.7 Å². The lowest BCUT2D eigenvalue weighted by Gasteiger charge is -2.22. The van der Waals surface area contributed by atoms with E-state index < -0.39 is 5.97 Å². The normalized spacial score (nSPS) is 21.5. The van der Waals surface area contributed by atoms with Crippen molar-refractivity contribution in [1.29, 1.82) is 0 Å². The molecule has 2 heterocycles. The second-order valence-electron chi connectivity index (χ2n) is 4.26. The quantitative estimate of drug-likeness (QED) is 0.843. The zero-order chi connectivity index (χ0) is 11.7. The number of nitrogens with zero attached hydrogens (tertiary/aromatic N) is 2. The third-order valence-electron chi connectivity index (χ3n) is 3.12. The summed E-state index contributed by atoms with van der Waals surface area (Å²) >= 11 is 0. The van der Waals surface area contributed by atoms with E-state index >= 15 is 0 Å². The maximum absolute atomic E-state index is 10.8. The molecule has 5 nitrogen and oxygen atoms in total. The average molecular weight is 224 g/mol. The van der Waals surface area contributed by atoms with Gasteiger partial charge in [-0.05, 0) is 33.2 Å². The Kier molecular flexibility index (Phi) is 2.96. The van der Waals surface area contributed by atoms with E-state index in [1.807, 2.05) is 18.7 Å². The fraction of sp³-hybridized carbons (Fsp3) is 0.636. The van der Waals surface area contributed by atoms with Gasteiger partial charge in [-0.25, -0.2) is 0 Å². The number of carbonyl (C=O) groups is 1. The first kappa shape index (κ1) is 11.1. The zero-order valence-electron chi connectivity index (χ0n) is 9.56. The number of carboxylic acid groups (broad SMARTS) is 1. The molecule has 0 amide bonds. The molecule has 1 aromatic heterocycles. The van der Waals surface area contributed by atoms with Crippen molar-refractivity contribution in [3.8, 4) is 0 Å². The molecule has 1 fully saturated rings. The molecule has 1 aliphatic heterocycles. The van der Waals surface area contributed by atoms with E-state index in [-0.39, 0.29) is 12.6 Å². The highest BCUT2D eigenvalue weighted by Crippen LogP contribution is 2.34. The van der Waals surface area contributed by atoms with Crippen LogP contribution < -0.4 is 0 Å². The number of aryl methyl sites for hydroxylation is 2. The number of aliphatic carboxylic acids is 1. The maximum atomic E-state index is 10.8. The molecule has 1 aromatic rings. The molecule has 0 aliphatic carbocycles. The summed E-state index contributed by atoms with van der Waals surface area (Å²) in [6, 6.07) is 0.155. The molecule has 1 N–H and O–H groups in total. The Bertz CT molecular complexity index is 380. The second kappa shape index (κ2) is 4.25. The van der Waals surface area contributed by atoms with Crippen LogP contribution in [0.3, 0.4) is 0 Å². The maximum Gasteiger partial charge on any atom is 0.317 e. The van der Waals surface area contributed by atoms with Crippen LogP contribution in [-0.4, -0.2) is 34.2 Å². The van der Waals surface area contributed by atoms with Gasteiger partial charge in [0.2, 0.25) is 0 Å². The largest absolute Gasteiger partial charge is 0.480 e. The van der Waals surface area contributed by atoms with E-state index in [0.717, 1.165) is 36.4 Å². The molecular weight excluding hydrogens is 208 g/mol. The Morgan fingerprint density at radius 3 is 2.94 bits per heavy atom. The van der Waals surface area contributed by atoms with Gasteiger partial charge in [0.25, 0.3) is 0 Å². The predicted octanol–water partition coefficient (Wildman–Crippen LogP) is 1.51. The molecule has 0 aromatic carbocycles. The summed E-state index contributed by atoms with van der Waals surface area (Å²) in [6.45, 7) is 4.71. The van der Waals surface area contributed by atoms with Crippen molar-refractivity contribution < 1.29 is 14.4 Å². The highest BCUT2D eigenvalue weighted by molar-refractivity contribution is 5.69. The van der Waals surface area contributed by atoms with Crippen molar-refractivity contribution in [3.63, 3.8) is 0 Å². The van der Waals surface area contributed by atoms with Gasteiger partial charge in [-0.2, -0.15) is 0 Å². The molecule has 1 saturated heterocycles. The summed E-state index contributed by atoms with van der Waals surface area (Å²) in [5.74, 6) is 0.0263. The molecule has 0 radical (unpaired) electrons. The van der Waals surface area contributed by atoms with Crippen LogP contribution in [0.1, 0.15) is 35.9 Å². The van der Waals surface area contributed by atoms with Crippen LogP contribution in [0.5, 0.6) is 0 Å². The molecule has 1 aliphatic rings. The van der Waals surface area contributed by atoms with E-state index in [1.165, 1.54) is 0 Å². The van der Waals surface area contributed by atoms with E-state index in [0.29, 0.717) is 0 Å². The van der Waals surface area contributed by atoms with Gasteiger partial charge in [-0.15, -0.1) is 0 Å². The number of hydrogen-bond acceptors (Lipinski definition) is 4. The van der Waals surface area contributed by atoms with Gasteiger partial charge in [0.1, 0.15) is 5.76 Å². The molecule has 88 valence electrons.